The molecule has 0 amide bonds. The van der Waals surface area contributed by atoms with Crippen molar-refractivity contribution in [2.24, 2.45) is 0 Å². The number of aliphatic carboxylic acids is 1. The molecule has 0 unspecified atom stereocenters. The van der Waals surface area contributed by atoms with E-state index in [4.69, 9.17) is 5.11 Å². The summed E-state index contributed by atoms with van der Waals surface area (Å²) in [5.74, 6) is -1.46. The van der Waals surface area contributed by atoms with Crippen LogP contribution in [0, 0.1) is 12.7 Å². The molecular weight excluding hydrogens is 171 g/mol. The molecule has 2 nitrogen and oxygen atoms in total. The predicted molar refractivity (Wildman–Crippen MR) is 47.8 cm³/mol. The van der Waals surface area contributed by atoms with Crippen molar-refractivity contribution in [3.8, 4) is 0 Å². The van der Waals surface area contributed by atoms with Crippen molar-refractivity contribution >= 4 is 11.5 Å². The number of hydrogen-bond acceptors (Lipinski definition) is 1. The molecule has 0 bridgehead atoms. The van der Waals surface area contributed by atoms with Gasteiger partial charge in [0.05, 0.1) is 5.57 Å². The van der Waals surface area contributed by atoms with E-state index in [0.29, 0.717) is 11.1 Å². The summed E-state index contributed by atoms with van der Waals surface area (Å²) in [6.07, 6.45) is 0. The van der Waals surface area contributed by atoms with Gasteiger partial charge < -0.3 is 5.11 Å². The van der Waals surface area contributed by atoms with Crippen LogP contribution in [0.15, 0.2) is 24.8 Å². The number of carboxylic acids is 1. The van der Waals surface area contributed by atoms with Gasteiger partial charge in [0.25, 0.3) is 0 Å². The zero-order chi connectivity index (χ0) is 10.0. The largest absolute Gasteiger partial charge is 0.478 e. The van der Waals surface area contributed by atoms with E-state index in [1.54, 1.807) is 6.92 Å². The highest BCUT2D eigenvalue weighted by Crippen LogP contribution is 2.18. The molecule has 0 saturated carbocycles. The second-order valence-electron chi connectivity index (χ2n) is 2.74. The van der Waals surface area contributed by atoms with Gasteiger partial charge in [-0.15, -0.1) is 0 Å². The summed E-state index contributed by atoms with van der Waals surface area (Å²) in [5, 5.41) is 8.64. The Bertz CT molecular complexity index is 369. The fourth-order valence-electron chi connectivity index (χ4n) is 1.08. The van der Waals surface area contributed by atoms with E-state index >= 15 is 0 Å². The second kappa shape index (κ2) is 3.39. The first kappa shape index (κ1) is 9.45. The maximum Gasteiger partial charge on any atom is 0.335 e. The van der Waals surface area contributed by atoms with Crippen LogP contribution >= 0.6 is 0 Å². The van der Waals surface area contributed by atoms with Gasteiger partial charge in [-0.3, -0.25) is 0 Å². The molecule has 0 spiro atoms. The van der Waals surface area contributed by atoms with Crippen LogP contribution in [0.5, 0.6) is 0 Å². The summed E-state index contributed by atoms with van der Waals surface area (Å²) in [6.45, 7) is 5.04. The molecule has 1 aromatic carbocycles. The number of carboxylic acid groups (broad SMARTS) is 1. The number of benzene rings is 1. The Kier molecular flexibility index (Phi) is 2.46. The zero-order valence-corrected chi connectivity index (χ0v) is 7.17. The number of aryl methyl sites for hydroxylation is 1. The number of hydrogen-bond donors (Lipinski definition) is 1. The Balaban J connectivity index is 3.16. The first-order valence-corrected chi connectivity index (χ1v) is 3.71. The van der Waals surface area contributed by atoms with E-state index < -0.39 is 5.97 Å². The Labute approximate surface area is 75.3 Å². The van der Waals surface area contributed by atoms with Crippen molar-refractivity contribution in [3.63, 3.8) is 0 Å². The molecule has 3 heteroatoms. The second-order valence-corrected chi connectivity index (χ2v) is 2.74. The van der Waals surface area contributed by atoms with Crippen molar-refractivity contribution in [2.45, 2.75) is 6.92 Å². The zero-order valence-electron chi connectivity index (χ0n) is 7.17. The van der Waals surface area contributed by atoms with Gasteiger partial charge in [0.2, 0.25) is 0 Å². The number of carbonyl (C=O) groups is 1. The maximum atomic E-state index is 12.6. The lowest BCUT2D eigenvalue weighted by Crippen LogP contribution is -2.00. The molecule has 0 saturated heterocycles. The minimum absolute atomic E-state index is 0.0162. The fourth-order valence-corrected chi connectivity index (χ4v) is 1.08. The molecule has 0 aliphatic heterocycles. The molecule has 13 heavy (non-hydrogen) atoms. The summed E-state index contributed by atoms with van der Waals surface area (Å²) in [7, 11) is 0. The smallest absolute Gasteiger partial charge is 0.335 e. The molecule has 1 rings (SSSR count). The Morgan fingerprint density at radius 3 is 2.62 bits per heavy atom. The highest BCUT2D eigenvalue weighted by atomic mass is 19.1. The van der Waals surface area contributed by atoms with Crippen LogP contribution in [0.25, 0.3) is 5.57 Å². The Morgan fingerprint density at radius 1 is 1.54 bits per heavy atom. The third-order valence-corrected chi connectivity index (χ3v) is 1.77. The number of rotatable bonds is 2. The SMILES string of the molecule is C=C(C(=O)O)c1ccc(F)cc1C. The van der Waals surface area contributed by atoms with Crippen LogP contribution in [-0.4, -0.2) is 11.1 Å². The minimum atomic E-state index is -1.09. The topological polar surface area (TPSA) is 37.3 Å². The van der Waals surface area contributed by atoms with Crippen LogP contribution < -0.4 is 0 Å². The van der Waals surface area contributed by atoms with Crippen LogP contribution in [0.3, 0.4) is 0 Å². The molecule has 0 aromatic heterocycles. The summed E-state index contributed by atoms with van der Waals surface area (Å²) in [6, 6.07) is 3.92. The molecular formula is C10H9FO2. The third-order valence-electron chi connectivity index (χ3n) is 1.77. The summed E-state index contributed by atoms with van der Waals surface area (Å²) in [4.78, 5) is 10.5. The highest BCUT2D eigenvalue weighted by molar-refractivity contribution is 6.14. The molecule has 0 fully saturated rings. The first-order valence-electron chi connectivity index (χ1n) is 3.71. The standard InChI is InChI=1S/C10H9FO2/c1-6-5-8(11)3-4-9(6)7(2)10(12)13/h3-5H,2H2,1H3,(H,12,13). The van der Waals surface area contributed by atoms with Crippen molar-refractivity contribution in [3.05, 3.63) is 41.7 Å². The van der Waals surface area contributed by atoms with Gasteiger partial charge in [-0.2, -0.15) is 0 Å². The summed E-state index contributed by atoms with van der Waals surface area (Å²) >= 11 is 0. The number of halogens is 1. The lowest BCUT2D eigenvalue weighted by atomic mass is 10.0. The van der Waals surface area contributed by atoms with Crippen LogP contribution in [0.2, 0.25) is 0 Å². The highest BCUT2D eigenvalue weighted by Gasteiger charge is 2.09. The van der Waals surface area contributed by atoms with Gasteiger partial charge in [0.1, 0.15) is 5.82 Å². The van der Waals surface area contributed by atoms with Crippen molar-refractivity contribution in [1.82, 2.24) is 0 Å². The molecule has 0 aliphatic carbocycles. The van der Waals surface area contributed by atoms with Crippen LogP contribution in [0.1, 0.15) is 11.1 Å². The quantitative estimate of drug-likeness (QED) is 0.708. The fraction of sp³-hybridized carbons (Fsp3) is 0.100. The lowest BCUT2D eigenvalue weighted by Gasteiger charge is -2.04. The molecule has 68 valence electrons. The van der Waals surface area contributed by atoms with E-state index in [9.17, 15) is 9.18 Å². The average Bonchev–Trinajstić information content (AvgIpc) is 2.03. The molecule has 0 atom stereocenters. The monoisotopic (exact) mass is 180 g/mol. The van der Waals surface area contributed by atoms with Crippen molar-refractivity contribution < 1.29 is 14.3 Å². The van der Waals surface area contributed by atoms with E-state index in [1.807, 2.05) is 0 Å². The van der Waals surface area contributed by atoms with Crippen molar-refractivity contribution in [1.29, 1.82) is 0 Å². The third kappa shape index (κ3) is 1.93. The summed E-state index contributed by atoms with van der Waals surface area (Å²) < 4.78 is 12.6. The average molecular weight is 180 g/mol. The summed E-state index contributed by atoms with van der Waals surface area (Å²) in [5.41, 5.74) is 1.03. The molecule has 0 heterocycles. The molecule has 1 aromatic rings. The predicted octanol–water partition coefficient (Wildman–Crippen LogP) is 2.23. The van der Waals surface area contributed by atoms with E-state index in [0.717, 1.165) is 0 Å². The van der Waals surface area contributed by atoms with E-state index in [1.165, 1.54) is 18.2 Å². The van der Waals surface area contributed by atoms with Gasteiger partial charge in [-0.25, -0.2) is 9.18 Å². The first-order chi connectivity index (χ1) is 6.02. The van der Waals surface area contributed by atoms with Gasteiger partial charge in [0.15, 0.2) is 0 Å². The van der Waals surface area contributed by atoms with Gasteiger partial charge in [0, 0.05) is 0 Å². The van der Waals surface area contributed by atoms with Crippen LogP contribution in [-0.2, 0) is 4.79 Å². The minimum Gasteiger partial charge on any atom is -0.478 e. The van der Waals surface area contributed by atoms with Gasteiger partial charge >= 0.3 is 5.97 Å². The Morgan fingerprint density at radius 2 is 2.15 bits per heavy atom. The molecule has 0 radical (unpaired) electrons. The van der Waals surface area contributed by atoms with Crippen LogP contribution in [0.4, 0.5) is 4.39 Å². The van der Waals surface area contributed by atoms with Crippen molar-refractivity contribution in [2.75, 3.05) is 0 Å². The van der Waals surface area contributed by atoms with E-state index in [2.05, 4.69) is 6.58 Å². The Hall–Kier alpha value is -1.64. The molecule has 1 N–H and O–H groups in total. The van der Waals surface area contributed by atoms with Gasteiger partial charge in [-0.1, -0.05) is 12.6 Å². The maximum absolute atomic E-state index is 12.6. The lowest BCUT2D eigenvalue weighted by molar-refractivity contribution is -0.130. The normalized spacial score (nSPS) is 9.69. The van der Waals surface area contributed by atoms with E-state index in [-0.39, 0.29) is 11.4 Å². The van der Waals surface area contributed by atoms with Gasteiger partial charge in [-0.05, 0) is 30.2 Å². The molecule has 0 aliphatic rings.